The summed E-state index contributed by atoms with van der Waals surface area (Å²) in [5.74, 6) is -2.59. The molecule has 1 saturated heterocycles. The van der Waals surface area contributed by atoms with Crippen LogP contribution in [0.1, 0.15) is 96.9 Å². The molecule has 0 aromatic rings. The lowest BCUT2D eigenvalue weighted by Crippen LogP contribution is -2.67. The van der Waals surface area contributed by atoms with E-state index in [4.69, 9.17) is 8.85 Å². The van der Waals surface area contributed by atoms with Gasteiger partial charge in [-0.1, -0.05) is 83.1 Å². The number of ketones is 3. The van der Waals surface area contributed by atoms with Crippen molar-refractivity contribution in [3.8, 4) is 0 Å². The quantitative estimate of drug-likeness (QED) is 0.297. The molecule has 6 atom stereocenters. The van der Waals surface area contributed by atoms with Crippen LogP contribution in [0, 0.1) is 35.5 Å². The van der Waals surface area contributed by atoms with Crippen LogP contribution >= 0.6 is 0 Å². The number of hydrogen-bond acceptors (Lipinski definition) is 5. The van der Waals surface area contributed by atoms with Gasteiger partial charge in [0.25, 0.3) is 0 Å². The molecule has 0 aliphatic carbocycles. The SMILES string of the molecule is CC(C)C(=O)C(C)C(=O)C(C)C(=O)[C@H](C)[C@@H]1O[Si](C(C)(C)C)(C(C)(C)C)O[C@H](C(C)C)[C@@H]1C. The highest BCUT2D eigenvalue weighted by molar-refractivity contribution is 6.73. The molecule has 0 radical (unpaired) electrons. The minimum absolute atomic E-state index is 0.00583. The predicted octanol–water partition coefficient (Wildman–Crippen LogP) is 6.38. The molecule has 1 heterocycles. The molecule has 0 amide bonds. The zero-order valence-corrected chi connectivity index (χ0v) is 24.7. The third kappa shape index (κ3) is 5.87. The smallest absolute Gasteiger partial charge is 0.349 e. The second-order valence-electron chi connectivity index (χ2n) is 13.0. The van der Waals surface area contributed by atoms with E-state index < -0.39 is 26.3 Å². The van der Waals surface area contributed by atoms with E-state index in [1.807, 2.05) is 6.92 Å². The summed E-state index contributed by atoms with van der Waals surface area (Å²) in [5, 5.41) is -0.418. The highest BCUT2D eigenvalue weighted by Gasteiger charge is 2.64. The third-order valence-corrected chi connectivity index (χ3v) is 12.6. The predicted molar refractivity (Wildman–Crippen MR) is 136 cm³/mol. The zero-order valence-electron chi connectivity index (χ0n) is 23.7. The van der Waals surface area contributed by atoms with Crippen LogP contribution in [0.4, 0.5) is 0 Å². The van der Waals surface area contributed by atoms with E-state index in [-0.39, 0.29) is 57.4 Å². The van der Waals surface area contributed by atoms with Gasteiger partial charge in [0.05, 0.1) is 24.0 Å². The fourth-order valence-corrected chi connectivity index (χ4v) is 11.0. The van der Waals surface area contributed by atoms with Crippen molar-refractivity contribution >= 4 is 25.9 Å². The molecule has 0 spiro atoms. The molecule has 6 heteroatoms. The van der Waals surface area contributed by atoms with Crippen LogP contribution in [0.5, 0.6) is 0 Å². The fourth-order valence-electron chi connectivity index (χ4n) is 5.66. The molecular weight excluding hydrogens is 432 g/mol. The van der Waals surface area contributed by atoms with Crippen LogP contribution in [0.3, 0.4) is 0 Å². The molecule has 0 bridgehead atoms. The maximum absolute atomic E-state index is 13.6. The summed E-state index contributed by atoms with van der Waals surface area (Å²) in [6, 6.07) is 0. The summed E-state index contributed by atoms with van der Waals surface area (Å²) < 4.78 is 13.9. The van der Waals surface area contributed by atoms with Gasteiger partial charge in [-0.25, -0.2) is 0 Å². The molecule has 1 fully saturated rings. The average molecular weight is 483 g/mol. The number of hydrogen-bond donors (Lipinski definition) is 0. The van der Waals surface area contributed by atoms with Crippen molar-refractivity contribution < 1.29 is 23.2 Å². The Morgan fingerprint density at radius 1 is 0.667 bits per heavy atom. The molecule has 0 aromatic heterocycles. The first kappa shape index (κ1) is 30.2. The van der Waals surface area contributed by atoms with Gasteiger partial charge in [-0.2, -0.15) is 0 Å². The Hall–Kier alpha value is -0.853. The van der Waals surface area contributed by atoms with Crippen LogP contribution in [-0.4, -0.2) is 38.1 Å². The lowest BCUT2D eigenvalue weighted by atomic mass is 9.78. The molecule has 1 aliphatic heterocycles. The van der Waals surface area contributed by atoms with Crippen LogP contribution in [0.25, 0.3) is 0 Å². The second-order valence-corrected chi connectivity index (χ2v) is 17.7. The Morgan fingerprint density at radius 2 is 1.06 bits per heavy atom. The highest BCUT2D eigenvalue weighted by Crippen LogP contribution is 2.57. The first-order chi connectivity index (χ1) is 14.7. The fraction of sp³-hybridized carbons (Fsp3) is 0.889. The summed E-state index contributed by atoms with van der Waals surface area (Å²) in [6.07, 6.45) is -0.369. The minimum Gasteiger partial charge on any atom is -0.390 e. The number of carbonyl (C=O) groups excluding carboxylic acids is 3. The molecule has 5 nitrogen and oxygen atoms in total. The van der Waals surface area contributed by atoms with Crippen molar-refractivity contribution in [2.24, 2.45) is 35.5 Å². The monoisotopic (exact) mass is 482 g/mol. The van der Waals surface area contributed by atoms with E-state index in [1.165, 1.54) is 0 Å². The number of Topliss-reactive ketones (excluding diaryl/α,β-unsaturated/α-hetero) is 3. The Balaban J connectivity index is 3.38. The third-order valence-electron chi connectivity index (χ3n) is 7.49. The maximum Gasteiger partial charge on any atom is 0.349 e. The van der Waals surface area contributed by atoms with E-state index in [0.29, 0.717) is 0 Å². The first-order valence-corrected chi connectivity index (χ1v) is 14.5. The normalized spacial score (nSPS) is 26.7. The van der Waals surface area contributed by atoms with Gasteiger partial charge in [-0.05, 0) is 19.8 Å². The Bertz CT molecular complexity index is 714. The lowest BCUT2D eigenvalue weighted by molar-refractivity contribution is -0.145. The van der Waals surface area contributed by atoms with E-state index in [0.717, 1.165) is 0 Å². The van der Waals surface area contributed by atoms with Crippen LogP contribution in [0.2, 0.25) is 10.1 Å². The van der Waals surface area contributed by atoms with Gasteiger partial charge in [0.1, 0.15) is 11.6 Å². The van der Waals surface area contributed by atoms with Gasteiger partial charge in [0.15, 0.2) is 5.78 Å². The van der Waals surface area contributed by atoms with E-state index in [1.54, 1.807) is 27.7 Å². The molecule has 2 unspecified atom stereocenters. The Labute approximate surface area is 204 Å². The average Bonchev–Trinajstić information content (AvgIpc) is 2.68. The summed E-state index contributed by atoms with van der Waals surface area (Å²) in [4.78, 5) is 39.0. The van der Waals surface area contributed by atoms with Crippen LogP contribution < -0.4 is 0 Å². The largest absolute Gasteiger partial charge is 0.390 e. The summed E-state index contributed by atoms with van der Waals surface area (Å²) in [5.41, 5.74) is 0. The first-order valence-electron chi connectivity index (χ1n) is 12.7. The Kier molecular flexibility index (Phi) is 9.52. The van der Waals surface area contributed by atoms with Crippen LogP contribution in [-0.2, 0) is 23.2 Å². The molecule has 192 valence electrons. The van der Waals surface area contributed by atoms with Crippen molar-refractivity contribution in [2.45, 2.75) is 119 Å². The number of rotatable bonds is 8. The van der Waals surface area contributed by atoms with Crippen molar-refractivity contribution in [3.63, 3.8) is 0 Å². The minimum atomic E-state index is -2.83. The van der Waals surface area contributed by atoms with Gasteiger partial charge in [0.2, 0.25) is 0 Å². The van der Waals surface area contributed by atoms with Crippen LogP contribution in [0.15, 0.2) is 0 Å². The molecule has 0 N–H and O–H groups in total. The number of carbonyl (C=O) groups is 3. The molecule has 0 aromatic carbocycles. The molecule has 1 aliphatic rings. The second kappa shape index (κ2) is 10.4. The zero-order chi connectivity index (χ0) is 26.3. The lowest BCUT2D eigenvalue weighted by Gasteiger charge is -2.58. The Morgan fingerprint density at radius 3 is 1.42 bits per heavy atom. The van der Waals surface area contributed by atoms with Crippen molar-refractivity contribution in [2.75, 3.05) is 0 Å². The van der Waals surface area contributed by atoms with E-state index >= 15 is 0 Å². The highest BCUT2D eigenvalue weighted by atomic mass is 28.4. The van der Waals surface area contributed by atoms with E-state index in [9.17, 15) is 14.4 Å². The van der Waals surface area contributed by atoms with Crippen molar-refractivity contribution in [3.05, 3.63) is 0 Å². The summed E-state index contributed by atoms with van der Waals surface area (Å²) >= 11 is 0. The topological polar surface area (TPSA) is 69.7 Å². The van der Waals surface area contributed by atoms with Gasteiger partial charge >= 0.3 is 8.56 Å². The molecule has 33 heavy (non-hydrogen) atoms. The van der Waals surface area contributed by atoms with Gasteiger partial charge in [-0.15, -0.1) is 0 Å². The van der Waals surface area contributed by atoms with Crippen molar-refractivity contribution in [1.29, 1.82) is 0 Å². The van der Waals surface area contributed by atoms with Gasteiger partial charge in [0, 0.05) is 27.8 Å². The van der Waals surface area contributed by atoms with E-state index in [2.05, 4.69) is 62.3 Å². The van der Waals surface area contributed by atoms with Gasteiger partial charge in [-0.3, -0.25) is 14.4 Å². The summed E-state index contributed by atoms with van der Waals surface area (Å²) in [7, 11) is -2.83. The molecular formula is C27H50O5Si. The standard InChI is InChI=1S/C27H50O5Si/c1-15(2)21(28)17(5)22(29)18(6)23(30)19(7)25-20(8)24(16(3)4)31-33(32-25,26(9,10)11)27(12,13)14/h15-20,24-25H,1-14H3/t17?,18?,19-,20-,24+,25-/m0/s1. The molecule has 1 rings (SSSR count). The van der Waals surface area contributed by atoms with Crippen molar-refractivity contribution in [1.82, 2.24) is 0 Å². The maximum atomic E-state index is 13.6. The molecule has 0 saturated carbocycles. The summed E-state index contributed by atoms with van der Waals surface area (Å²) in [6.45, 7) is 28.2. The van der Waals surface area contributed by atoms with Gasteiger partial charge < -0.3 is 8.85 Å².